The summed E-state index contributed by atoms with van der Waals surface area (Å²) in [5.74, 6) is 0.755. The number of hydrogen-bond acceptors (Lipinski definition) is 2. The molecule has 1 fully saturated rings. The molecule has 0 aromatic heterocycles. The molecular weight excluding hydrogens is 256 g/mol. The lowest BCUT2D eigenvalue weighted by Gasteiger charge is -2.33. The Kier molecular flexibility index (Phi) is 5.45. The first kappa shape index (κ1) is 16.5. The molecule has 1 aromatic carbocycles. The van der Waals surface area contributed by atoms with Crippen LogP contribution in [-0.2, 0) is 0 Å². The fraction of sp³-hybridized carbons (Fsp3) is 0.684. The van der Waals surface area contributed by atoms with E-state index in [4.69, 9.17) is 5.73 Å². The Labute approximate surface area is 130 Å². The summed E-state index contributed by atoms with van der Waals surface area (Å²) in [4.78, 5) is 2.68. The van der Waals surface area contributed by atoms with Gasteiger partial charge in [0.25, 0.3) is 0 Å². The molecule has 1 aliphatic rings. The van der Waals surface area contributed by atoms with Crippen LogP contribution in [0.5, 0.6) is 0 Å². The van der Waals surface area contributed by atoms with Gasteiger partial charge in [0.1, 0.15) is 0 Å². The van der Waals surface area contributed by atoms with Gasteiger partial charge in [0, 0.05) is 18.6 Å². The molecular formula is C19H32N2. The van der Waals surface area contributed by atoms with Crippen LogP contribution in [0, 0.1) is 26.7 Å². The predicted octanol–water partition coefficient (Wildman–Crippen LogP) is 4.12. The van der Waals surface area contributed by atoms with Crippen LogP contribution >= 0.6 is 0 Å². The van der Waals surface area contributed by atoms with Gasteiger partial charge in [-0.25, -0.2) is 0 Å². The molecule has 1 atom stereocenters. The third-order valence-electron chi connectivity index (χ3n) is 4.85. The topological polar surface area (TPSA) is 29.3 Å². The predicted molar refractivity (Wildman–Crippen MR) is 91.6 cm³/mol. The maximum Gasteiger partial charge on any atom is 0.0476 e. The van der Waals surface area contributed by atoms with E-state index in [0.29, 0.717) is 6.04 Å². The number of nitrogens with zero attached hydrogens (tertiary/aromatic N) is 1. The van der Waals surface area contributed by atoms with E-state index in [1.807, 2.05) is 0 Å². The summed E-state index contributed by atoms with van der Waals surface area (Å²) < 4.78 is 0. The van der Waals surface area contributed by atoms with Crippen molar-refractivity contribution >= 4 is 0 Å². The SMILES string of the molecule is Cc1cc(C)c(C(CN)N(CCC(C)C)C2CC2)cc1C. The van der Waals surface area contributed by atoms with Crippen molar-refractivity contribution in [3.8, 4) is 0 Å². The maximum atomic E-state index is 6.19. The Hall–Kier alpha value is -0.860. The van der Waals surface area contributed by atoms with Crippen LogP contribution in [0.15, 0.2) is 12.1 Å². The number of benzene rings is 1. The van der Waals surface area contributed by atoms with Crippen LogP contribution in [0.4, 0.5) is 0 Å². The Morgan fingerprint density at radius 2 is 1.71 bits per heavy atom. The molecule has 2 nitrogen and oxygen atoms in total. The lowest BCUT2D eigenvalue weighted by atomic mass is 9.94. The zero-order valence-electron chi connectivity index (χ0n) is 14.4. The van der Waals surface area contributed by atoms with E-state index in [-0.39, 0.29) is 0 Å². The van der Waals surface area contributed by atoms with E-state index >= 15 is 0 Å². The Morgan fingerprint density at radius 1 is 1.10 bits per heavy atom. The molecule has 2 heteroatoms. The van der Waals surface area contributed by atoms with Crippen molar-refractivity contribution in [2.75, 3.05) is 13.1 Å². The van der Waals surface area contributed by atoms with Crippen molar-refractivity contribution in [3.05, 3.63) is 34.4 Å². The molecule has 2 rings (SSSR count). The number of rotatable bonds is 7. The van der Waals surface area contributed by atoms with Gasteiger partial charge in [-0.3, -0.25) is 4.90 Å². The molecule has 0 spiro atoms. The minimum absolute atomic E-state index is 0.385. The van der Waals surface area contributed by atoms with Gasteiger partial charge in [0.15, 0.2) is 0 Å². The van der Waals surface area contributed by atoms with E-state index in [9.17, 15) is 0 Å². The van der Waals surface area contributed by atoms with Gasteiger partial charge in [-0.2, -0.15) is 0 Å². The third-order valence-corrected chi connectivity index (χ3v) is 4.85. The standard InChI is InChI=1S/C19H32N2/c1-13(2)8-9-21(17-6-7-17)19(12-20)18-11-15(4)14(3)10-16(18)5/h10-11,13,17,19H,6-9,12,20H2,1-5H3. The summed E-state index contributed by atoms with van der Waals surface area (Å²) in [6.07, 6.45) is 3.95. The molecule has 118 valence electrons. The summed E-state index contributed by atoms with van der Waals surface area (Å²) in [6, 6.07) is 5.84. The quantitative estimate of drug-likeness (QED) is 0.817. The Balaban J connectivity index is 2.25. The smallest absolute Gasteiger partial charge is 0.0476 e. The van der Waals surface area contributed by atoms with Crippen LogP contribution in [0.1, 0.15) is 61.4 Å². The van der Waals surface area contributed by atoms with Gasteiger partial charge in [-0.15, -0.1) is 0 Å². The summed E-state index contributed by atoms with van der Waals surface area (Å²) in [5, 5.41) is 0. The molecule has 21 heavy (non-hydrogen) atoms. The van der Waals surface area contributed by atoms with Gasteiger partial charge in [0.2, 0.25) is 0 Å². The fourth-order valence-corrected chi connectivity index (χ4v) is 3.19. The van der Waals surface area contributed by atoms with Crippen molar-refractivity contribution in [2.45, 2.75) is 66.0 Å². The first-order valence-corrected chi connectivity index (χ1v) is 8.47. The average Bonchev–Trinajstić information content (AvgIpc) is 3.23. The molecule has 2 N–H and O–H groups in total. The van der Waals surface area contributed by atoms with Gasteiger partial charge in [0.05, 0.1) is 0 Å². The highest BCUT2D eigenvalue weighted by Crippen LogP contribution is 2.36. The van der Waals surface area contributed by atoms with E-state index in [1.54, 1.807) is 0 Å². The monoisotopic (exact) mass is 288 g/mol. The minimum Gasteiger partial charge on any atom is -0.329 e. The first-order valence-electron chi connectivity index (χ1n) is 8.47. The van der Waals surface area contributed by atoms with E-state index in [0.717, 1.165) is 18.5 Å². The van der Waals surface area contributed by atoms with Gasteiger partial charge < -0.3 is 5.73 Å². The van der Waals surface area contributed by atoms with E-state index in [2.05, 4.69) is 51.7 Å². The molecule has 1 aromatic rings. The molecule has 1 unspecified atom stereocenters. The second-order valence-corrected chi connectivity index (χ2v) is 7.20. The van der Waals surface area contributed by atoms with Gasteiger partial charge in [-0.05, 0) is 74.8 Å². The zero-order chi connectivity index (χ0) is 15.6. The van der Waals surface area contributed by atoms with Crippen LogP contribution < -0.4 is 5.73 Å². The lowest BCUT2D eigenvalue weighted by Crippen LogP contribution is -2.37. The molecule has 0 amide bonds. The largest absolute Gasteiger partial charge is 0.329 e. The number of hydrogen-bond donors (Lipinski definition) is 1. The zero-order valence-corrected chi connectivity index (χ0v) is 14.4. The minimum atomic E-state index is 0.385. The average molecular weight is 288 g/mol. The Bertz CT molecular complexity index is 475. The molecule has 1 saturated carbocycles. The van der Waals surface area contributed by atoms with Crippen molar-refractivity contribution in [3.63, 3.8) is 0 Å². The van der Waals surface area contributed by atoms with Crippen LogP contribution in [-0.4, -0.2) is 24.0 Å². The number of aryl methyl sites for hydroxylation is 3. The second-order valence-electron chi connectivity index (χ2n) is 7.20. The summed E-state index contributed by atoms with van der Waals surface area (Å²) in [7, 11) is 0. The fourth-order valence-electron chi connectivity index (χ4n) is 3.19. The van der Waals surface area contributed by atoms with Crippen LogP contribution in [0.2, 0.25) is 0 Å². The summed E-state index contributed by atoms with van der Waals surface area (Å²) in [5.41, 5.74) is 11.8. The third kappa shape index (κ3) is 4.08. The van der Waals surface area contributed by atoms with E-state index < -0.39 is 0 Å². The van der Waals surface area contributed by atoms with Crippen LogP contribution in [0.3, 0.4) is 0 Å². The molecule has 0 aliphatic heterocycles. The van der Waals surface area contributed by atoms with Crippen LogP contribution in [0.25, 0.3) is 0 Å². The second kappa shape index (κ2) is 6.93. The van der Waals surface area contributed by atoms with Crippen molar-refractivity contribution in [1.82, 2.24) is 4.90 Å². The highest BCUT2D eigenvalue weighted by atomic mass is 15.2. The van der Waals surface area contributed by atoms with Crippen molar-refractivity contribution < 1.29 is 0 Å². The number of nitrogens with two attached hydrogens (primary N) is 1. The first-order chi connectivity index (χ1) is 9.93. The summed E-state index contributed by atoms with van der Waals surface area (Å²) >= 11 is 0. The van der Waals surface area contributed by atoms with Crippen molar-refractivity contribution in [2.24, 2.45) is 11.7 Å². The lowest BCUT2D eigenvalue weighted by molar-refractivity contribution is 0.180. The molecule has 0 bridgehead atoms. The Morgan fingerprint density at radius 3 is 2.24 bits per heavy atom. The highest BCUT2D eigenvalue weighted by Gasteiger charge is 2.34. The molecule has 0 radical (unpaired) electrons. The normalized spacial score (nSPS) is 16.8. The highest BCUT2D eigenvalue weighted by molar-refractivity contribution is 5.38. The van der Waals surface area contributed by atoms with Gasteiger partial charge in [-0.1, -0.05) is 26.0 Å². The molecule has 0 heterocycles. The van der Waals surface area contributed by atoms with Gasteiger partial charge >= 0.3 is 0 Å². The van der Waals surface area contributed by atoms with Crippen molar-refractivity contribution in [1.29, 1.82) is 0 Å². The van der Waals surface area contributed by atoms with E-state index in [1.165, 1.54) is 48.1 Å². The molecule has 1 aliphatic carbocycles. The summed E-state index contributed by atoms with van der Waals surface area (Å²) in [6.45, 7) is 13.2. The maximum absolute atomic E-state index is 6.19. The molecule has 0 saturated heterocycles.